The number of hydrogen-bond donors (Lipinski definition) is 5. The standard InChI is InChI=1S/C16H19N5O10S/c17-9(16(26)27)2-4-13(22)18-10(7-32)15(25)19(6-14(23)24)11-3-1-8(20(28)29)5-12(11)21(30)31/h1,3,5,9-10,32H,2,4,6-7,17H2,(H,18,22)(H,23,24)(H,26,27). The Labute approximate surface area is 184 Å². The van der Waals surface area contributed by atoms with E-state index >= 15 is 0 Å². The maximum atomic E-state index is 12.9. The van der Waals surface area contributed by atoms with Gasteiger partial charge in [0.15, 0.2) is 0 Å². The molecule has 0 radical (unpaired) electrons. The summed E-state index contributed by atoms with van der Waals surface area (Å²) in [6, 6.07) is -0.496. The van der Waals surface area contributed by atoms with Crippen molar-refractivity contribution in [2.24, 2.45) is 5.73 Å². The molecule has 2 amide bonds. The highest BCUT2D eigenvalue weighted by Crippen LogP contribution is 2.32. The van der Waals surface area contributed by atoms with Crippen LogP contribution >= 0.6 is 12.6 Å². The minimum absolute atomic E-state index is 0.249. The molecule has 1 rings (SSSR count). The summed E-state index contributed by atoms with van der Waals surface area (Å²) in [6.07, 6.45) is -0.622. The van der Waals surface area contributed by atoms with Crippen LogP contribution in [0.15, 0.2) is 18.2 Å². The molecule has 0 aromatic heterocycles. The summed E-state index contributed by atoms with van der Waals surface area (Å²) in [6.45, 7) is -1.05. The second-order valence-corrected chi connectivity index (χ2v) is 6.66. The zero-order valence-electron chi connectivity index (χ0n) is 16.2. The van der Waals surface area contributed by atoms with Crippen LogP contribution in [0.1, 0.15) is 12.8 Å². The Morgan fingerprint density at radius 3 is 2.25 bits per heavy atom. The third-order valence-corrected chi connectivity index (χ3v) is 4.40. The van der Waals surface area contributed by atoms with Gasteiger partial charge in [0.2, 0.25) is 5.91 Å². The zero-order chi connectivity index (χ0) is 24.6. The lowest BCUT2D eigenvalue weighted by Gasteiger charge is -2.25. The smallest absolute Gasteiger partial charge is 0.323 e. The first-order valence-electron chi connectivity index (χ1n) is 8.73. The number of hydrogen-bond acceptors (Lipinski definition) is 10. The van der Waals surface area contributed by atoms with E-state index in [1.54, 1.807) is 0 Å². The number of nitrogens with one attached hydrogen (secondary N) is 1. The van der Waals surface area contributed by atoms with Crippen LogP contribution in [-0.2, 0) is 19.2 Å². The van der Waals surface area contributed by atoms with Gasteiger partial charge in [-0.25, -0.2) is 0 Å². The summed E-state index contributed by atoms with van der Waals surface area (Å²) in [5.41, 5.74) is 3.21. The Hall–Kier alpha value is -3.79. The number of carboxylic acid groups (broad SMARTS) is 2. The number of aliphatic carboxylic acids is 2. The van der Waals surface area contributed by atoms with Gasteiger partial charge in [-0.2, -0.15) is 12.6 Å². The number of nitrogens with two attached hydrogens (primary N) is 1. The second kappa shape index (κ2) is 11.6. The highest BCUT2D eigenvalue weighted by Gasteiger charge is 2.33. The molecular weight excluding hydrogens is 454 g/mol. The van der Waals surface area contributed by atoms with E-state index in [0.717, 1.165) is 12.1 Å². The molecule has 16 heteroatoms. The van der Waals surface area contributed by atoms with Gasteiger partial charge in [-0.3, -0.25) is 44.3 Å². The molecule has 174 valence electrons. The number of amides is 2. The first-order valence-corrected chi connectivity index (χ1v) is 9.36. The summed E-state index contributed by atoms with van der Waals surface area (Å²) in [4.78, 5) is 67.8. The number of nitro benzene ring substituents is 2. The Morgan fingerprint density at radius 1 is 1.16 bits per heavy atom. The van der Waals surface area contributed by atoms with Crippen molar-refractivity contribution in [2.75, 3.05) is 17.2 Å². The normalized spacial score (nSPS) is 12.3. The molecule has 0 saturated heterocycles. The summed E-state index contributed by atoms with van der Waals surface area (Å²) in [7, 11) is 0. The number of carbonyl (C=O) groups excluding carboxylic acids is 2. The monoisotopic (exact) mass is 473 g/mol. The lowest BCUT2D eigenvalue weighted by atomic mass is 10.1. The third-order valence-electron chi connectivity index (χ3n) is 4.03. The average Bonchev–Trinajstić information content (AvgIpc) is 2.72. The third kappa shape index (κ3) is 7.17. The number of thiol groups is 1. The van der Waals surface area contributed by atoms with Crippen molar-refractivity contribution in [1.29, 1.82) is 0 Å². The molecule has 0 heterocycles. The molecule has 0 fully saturated rings. The Balaban J connectivity index is 3.23. The molecule has 1 aromatic carbocycles. The molecule has 5 N–H and O–H groups in total. The van der Waals surface area contributed by atoms with E-state index < -0.39 is 69.3 Å². The Morgan fingerprint density at radius 2 is 1.78 bits per heavy atom. The van der Waals surface area contributed by atoms with Crippen LogP contribution in [0.25, 0.3) is 0 Å². The molecule has 32 heavy (non-hydrogen) atoms. The number of non-ortho nitro benzene ring substituents is 1. The van der Waals surface area contributed by atoms with E-state index in [0.29, 0.717) is 11.0 Å². The molecule has 0 saturated carbocycles. The van der Waals surface area contributed by atoms with Crippen molar-refractivity contribution in [2.45, 2.75) is 24.9 Å². The van der Waals surface area contributed by atoms with E-state index in [1.165, 1.54) is 0 Å². The number of carbonyl (C=O) groups is 4. The van der Waals surface area contributed by atoms with Crippen LogP contribution < -0.4 is 16.0 Å². The van der Waals surface area contributed by atoms with Crippen molar-refractivity contribution in [3.05, 3.63) is 38.4 Å². The number of nitrogens with zero attached hydrogens (tertiary/aromatic N) is 3. The summed E-state index contributed by atoms with van der Waals surface area (Å²) in [5.74, 6) is -5.11. The van der Waals surface area contributed by atoms with Gasteiger partial charge in [0.1, 0.15) is 24.3 Å². The number of nitro groups is 2. The van der Waals surface area contributed by atoms with Crippen molar-refractivity contribution in [3.8, 4) is 0 Å². The number of rotatable bonds is 12. The maximum Gasteiger partial charge on any atom is 0.323 e. The minimum Gasteiger partial charge on any atom is -0.480 e. The fourth-order valence-corrected chi connectivity index (χ4v) is 2.71. The SMILES string of the molecule is NC(CCC(=O)NC(CS)C(=O)N(CC(=O)O)c1ccc([N+](=O)[O-])cc1[N+](=O)[O-])C(=O)O. The molecule has 0 aliphatic carbocycles. The zero-order valence-corrected chi connectivity index (χ0v) is 17.1. The van der Waals surface area contributed by atoms with E-state index in [2.05, 4.69) is 17.9 Å². The van der Waals surface area contributed by atoms with Crippen molar-refractivity contribution in [3.63, 3.8) is 0 Å². The molecule has 2 unspecified atom stereocenters. The van der Waals surface area contributed by atoms with Crippen LogP contribution in [0.3, 0.4) is 0 Å². The quantitative estimate of drug-likeness (QED) is 0.148. The molecule has 0 aliphatic rings. The predicted octanol–water partition coefficient (Wildman–Crippen LogP) is -0.473. The van der Waals surface area contributed by atoms with Crippen molar-refractivity contribution >= 4 is 53.4 Å². The van der Waals surface area contributed by atoms with Crippen LogP contribution in [0.5, 0.6) is 0 Å². The van der Waals surface area contributed by atoms with Crippen LogP contribution in [0.4, 0.5) is 17.1 Å². The molecule has 15 nitrogen and oxygen atoms in total. The number of anilines is 1. The molecule has 0 aliphatic heterocycles. The minimum atomic E-state index is -1.55. The first kappa shape index (κ1) is 26.2. The average molecular weight is 473 g/mol. The lowest BCUT2D eigenvalue weighted by Crippen LogP contribution is -2.51. The summed E-state index contributed by atoms with van der Waals surface area (Å²) < 4.78 is 0. The van der Waals surface area contributed by atoms with Gasteiger partial charge in [0.05, 0.1) is 15.9 Å². The molecule has 2 atom stereocenters. The summed E-state index contributed by atoms with van der Waals surface area (Å²) >= 11 is 3.93. The predicted molar refractivity (Wildman–Crippen MR) is 110 cm³/mol. The van der Waals surface area contributed by atoms with Crippen LogP contribution in [0, 0.1) is 20.2 Å². The van der Waals surface area contributed by atoms with Gasteiger partial charge in [-0.1, -0.05) is 0 Å². The van der Waals surface area contributed by atoms with Gasteiger partial charge in [-0.05, 0) is 12.5 Å². The van der Waals surface area contributed by atoms with Crippen molar-refractivity contribution in [1.82, 2.24) is 5.32 Å². The van der Waals surface area contributed by atoms with Crippen LogP contribution in [-0.4, -0.2) is 68.2 Å². The summed E-state index contributed by atoms with van der Waals surface area (Å²) in [5, 5.41) is 42.4. The lowest BCUT2D eigenvalue weighted by molar-refractivity contribution is -0.393. The van der Waals surface area contributed by atoms with Gasteiger partial charge in [-0.15, -0.1) is 0 Å². The Kier molecular flexibility index (Phi) is 9.48. The first-order chi connectivity index (χ1) is 14.9. The number of carboxylic acids is 2. The van der Waals surface area contributed by atoms with Crippen LogP contribution in [0.2, 0.25) is 0 Å². The molecule has 1 aromatic rings. The van der Waals surface area contributed by atoms with E-state index in [4.69, 9.17) is 15.9 Å². The molecular formula is C16H19N5O10S. The van der Waals surface area contributed by atoms with Gasteiger partial charge in [0.25, 0.3) is 17.3 Å². The highest BCUT2D eigenvalue weighted by atomic mass is 32.1. The second-order valence-electron chi connectivity index (χ2n) is 6.29. The largest absolute Gasteiger partial charge is 0.480 e. The fraction of sp³-hybridized carbons (Fsp3) is 0.375. The fourth-order valence-electron chi connectivity index (χ4n) is 2.47. The van der Waals surface area contributed by atoms with Gasteiger partial charge in [0, 0.05) is 18.2 Å². The van der Waals surface area contributed by atoms with E-state index in [9.17, 15) is 39.4 Å². The highest BCUT2D eigenvalue weighted by molar-refractivity contribution is 7.80. The molecule has 0 spiro atoms. The Bertz CT molecular complexity index is 940. The van der Waals surface area contributed by atoms with E-state index in [1.807, 2.05) is 0 Å². The van der Waals surface area contributed by atoms with Gasteiger partial charge >= 0.3 is 11.9 Å². The van der Waals surface area contributed by atoms with Crippen molar-refractivity contribution < 1.29 is 39.2 Å². The van der Waals surface area contributed by atoms with E-state index in [-0.39, 0.29) is 18.6 Å². The van der Waals surface area contributed by atoms with Gasteiger partial charge < -0.3 is 21.3 Å². The topological polar surface area (TPSA) is 236 Å². The molecule has 0 bridgehead atoms. The maximum absolute atomic E-state index is 12.9. The number of benzene rings is 1.